The normalized spacial score (nSPS) is 41.8. The van der Waals surface area contributed by atoms with Crippen molar-refractivity contribution in [2.45, 2.75) is 44.1 Å². The number of rotatable bonds is 0. The molecule has 0 aromatic carbocycles. The molecule has 1 nitrogen and oxygen atoms in total. The molecule has 1 heterocycles. The van der Waals surface area contributed by atoms with Crippen LogP contribution in [0.25, 0.3) is 0 Å². The molecule has 0 aromatic rings. The van der Waals surface area contributed by atoms with Gasteiger partial charge in [0.1, 0.15) is 5.60 Å². The van der Waals surface area contributed by atoms with Crippen LogP contribution in [0.5, 0.6) is 0 Å². The van der Waals surface area contributed by atoms with Crippen molar-refractivity contribution in [2.24, 2.45) is 5.92 Å². The van der Waals surface area contributed by atoms with E-state index in [0.29, 0.717) is 0 Å². The average Bonchev–Trinajstić information content (AvgIpc) is 2.64. The van der Waals surface area contributed by atoms with Gasteiger partial charge < -0.3 is 4.74 Å². The smallest absolute Gasteiger partial charge is 0.127 e. The highest BCUT2D eigenvalue weighted by atomic mass is 16.5. The van der Waals surface area contributed by atoms with Gasteiger partial charge in [0.25, 0.3) is 0 Å². The summed E-state index contributed by atoms with van der Waals surface area (Å²) in [5.41, 5.74) is 0.120. The van der Waals surface area contributed by atoms with E-state index in [4.69, 9.17) is 4.74 Å². The Bertz CT molecular complexity index is 277. The highest BCUT2D eigenvalue weighted by molar-refractivity contribution is 5.20. The molecular formula is C12H16O. The lowest BCUT2D eigenvalue weighted by Gasteiger charge is -2.28. The van der Waals surface area contributed by atoms with E-state index in [0.717, 1.165) is 5.92 Å². The Morgan fingerprint density at radius 1 is 1.38 bits per heavy atom. The summed E-state index contributed by atoms with van der Waals surface area (Å²) in [6, 6.07) is 0. The zero-order valence-corrected chi connectivity index (χ0v) is 7.96. The van der Waals surface area contributed by atoms with Crippen molar-refractivity contribution in [3.05, 3.63) is 24.0 Å². The first-order valence-electron chi connectivity index (χ1n) is 5.45. The van der Waals surface area contributed by atoms with E-state index < -0.39 is 0 Å². The summed E-state index contributed by atoms with van der Waals surface area (Å²) in [4.78, 5) is 0. The Hall–Kier alpha value is -0.720. The van der Waals surface area contributed by atoms with Crippen LogP contribution in [-0.4, -0.2) is 5.60 Å². The van der Waals surface area contributed by atoms with E-state index in [2.05, 4.69) is 18.2 Å². The third kappa shape index (κ3) is 1.13. The molecule has 2 unspecified atom stereocenters. The van der Waals surface area contributed by atoms with Gasteiger partial charge in [0.2, 0.25) is 0 Å². The zero-order chi connectivity index (χ0) is 8.73. The minimum Gasteiger partial charge on any atom is -0.488 e. The van der Waals surface area contributed by atoms with Crippen molar-refractivity contribution in [1.29, 1.82) is 0 Å². The van der Waals surface area contributed by atoms with Crippen molar-refractivity contribution in [1.82, 2.24) is 0 Å². The topological polar surface area (TPSA) is 9.23 Å². The second-order valence-corrected chi connectivity index (χ2v) is 4.55. The highest BCUT2D eigenvalue weighted by Gasteiger charge is 2.43. The summed E-state index contributed by atoms with van der Waals surface area (Å²) in [5, 5.41) is 0. The lowest BCUT2D eigenvalue weighted by molar-refractivity contribution is 0.0711. The molecule has 0 radical (unpaired) electrons. The van der Waals surface area contributed by atoms with Crippen LogP contribution in [0, 0.1) is 5.92 Å². The van der Waals surface area contributed by atoms with E-state index in [9.17, 15) is 0 Å². The molecule has 70 valence electrons. The van der Waals surface area contributed by atoms with Crippen molar-refractivity contribution in [3.8, 4) is 0 Å². The minimum atomic E-state index is 0.120. The van der Waals surface area contributed by atoms with Crippen molar-refractivity contribution in [3.63, 3.8) is 0 Å². The zero-order valence-electron chi connectivity index (χ0n) is 7.96. The predicted octanol–water partition coefficient (Wildman–Crippen LogP) is 3.18. The molecule has 13 heavy (non-hydrogen) atoms. The number of fused-ring (bicyclic) bond motifs is 1. The Morgan fingerprint density at radius 2 is 2.38 bits per heavy atom. The van der Waals surface area contributed by atoms with Gasteiger partial charge >= 0.3 is 0 Å². The summed E-state index contributed by atoms with van der Waals surface area (Å²) in [6.45, 7) is 0. The van der Waals surface area contributed by atoms with Crippen LogP contribution in [0.3, 0.4) is 0 Å². The first-order chi connectivity index (χ1) is 6.38. The monoisotopic (exact) mass is 176 g/mol. The van der Waals surface area contributed by atoms with Gasteiger partial charge in [0, 0.05) is 12.3 Å². The van der Waals surface area contributed by atoms with Crippen LogP contribution in [0.2, 0.25) is 0 Å². The number of hydrogen-bond donors (Lipinski definition) is 0. The Kier molecular flexibility index (Phi) is 1.55. The molecule has 1 aliphatic heterocycles. The van der Waals surface area contributed by atoms with Gasteiger partial charge in [0.05, 0.1) is 5.76 Å². The minimum absolute atomic E-state index is 0.120. The fourth-order valence-electron chi connectivity index (χ4n) is 2.91. The largest absolute Gasteiger partial charge is 0.488 e. The molecule has 0 bridgehead atoms. The van der Waals surface area contributed by atoms with E-state index in [-0.39, 0.29) is 5.60 Å². The van der Waals surface area contributed by atoms with Crippen LogP contribution in [0.15, 0.2) is 24.0 Å². The Morgan fingerprint density at radius 3 is 3.15 bits per heavy atom. The Labute approximate surface area is 79.5 Å². The third-order valence-corrected chi connectivity index (χ3v) is 3.57. The summed E-state index contributed by atoms with van der Waals surface area (Å²) in [7, 11) is 0. The molecule has 2 atom stereocenters. The Balaban J connectivity index is 1.87. The molecule has 0 aromatic heterocycles. The molecule has 2 aliphatic carbocycles. The SMILES string of the molecule is C1=CC2(CCC1)CC1CCC=C1O2. The maximum absolute atomic E-state index is 6.09. The fraction of sp³-hybridized carbons (Fsp3) is 0.667. The third-order valence-electron chi connectivity index (χ3n) is 3.57. The molecule has 1 spiro atoms. The highest BCUT2D eigenvalue weighted by Crippen LogP contribution is 2.47. The standard InChI is InChI=1S/C12H16O/c1-2-7-12(8-3-1)9-10-5-4-6-11(10)13-12/h2,6-7,10H,1,3-5,8-9H2. The van der Waals surface area contributed by atoms with Gasteiger partial charge in [-0.3, -0.25) is 0 Å². The summed E-state index contributed by atoms with van der Waals surface area (Å²) in [6.07, 6.45) is 14.5. The molecule has 1 heteroatoms. The van der Waals surface area contributed by atoms with Crippen molar-refractivity contribution >= 4 is 0 Å². The fourth-order valence-corrected chi connectivity index (χ4v) is 2.91. The number of hydrogen-bond acceptors (Lipinski definition) is 1. The maximum Gasteiger partial charge on any atom is 0.127 e. The molecule has 1 saturated heterocycles. The van der Waals surface area contributed by atoms with E-state index in [1.165, 1.54) is 44.3 Å². The summed E-state index contributed by atoms with van der Waals surface area (Å²) < 4.78 is 6.09. The lowest BCUT2D eigenvalue weighted by atomic mass is 9.85. The molecule has 1 fully saturated rings. The van der Waals surface area contributed by atoms with E-state index in [1.807, 2.05) is 0 Å². The van der Waals surface area contributed by atoms with E-state index >= 15 is 0 Å². The van der Waals surface area contributed by atoms with Gasteiger partial charge in [-0.25, -0.2) is 0 Å². The second-order valence-electron chi connectivity index (χ2n) is 4.55. The number of allylic oxidation sites excluding steroid dienone is 3. The van der Waals surface area contributed by atoms with Crippen molar-refractivity contribution in [2.75, 3.05) is 0 Å². The first-order valence-corrected chi connectivity index (χ1v) is 5.45. The summed E-state index contributed by atoms with van der Waals surface area (Å²) >= 11 is 0. The van der Waals surface area contributed by atoms with Gasteiger partial charge in [-0.2, -0.15) is 0 Å². The maximum atomic E-state index is 6.09. The van der Waals surface area contributed by atoms with E-state index in [1.54, 1.807) is 0 Å². The van der Waals surface area contributed by atoms with Crippen LogP contribution in [0.4, 0.5) is 0 Å². The second kappa shape index (κ2) is 2.63. The van der Waals surface area contributed by atoms with Crippen molar-refractivity contribution < 1.29 is 4.74 Å². The molecule has 0 amide bonds. The molecule has 3 aliphatic rings. The predicted molar refractivity (Wildman–Crippen MR) is 52.2 cm³/mol. The van der Waals surface area contributed by atoms with Crippen LogP contribution in [0.1, 0.15) is 38.5 Å². The lowest BCUT2D eigenvalue weighted by Crippen LogP contribution is -2.26. The van der Waals surface area contributed by atoms with Crippen LogP contribution < -0.4 is 0 Å². The van der Waals surface area contributed by atoms with Gasteiger partial charge in [-0.1, -0.05) is 6.08 Å². The quantitative estimate of drug-likeness (QED) is 0.515. The number of ether oxygens (including phenoxy) is 1. The molecule has 3 rings (SSSR count). The van der Waals surface area contributed by atoms with Gasteiger partial charge in [-0.05, 0) is 44.3 Å². The van der Waals surface area contributed by atoms with Gasteiger partial charge in [0.15, 0.2) is 0 Å². The summed E-state index contributed by atoms with van der Waals surface area (Å²) in [5.74, 6) is 2.05. The molecule has 0 N–H and O–H groups in total. The average molecular weight is 176 g/mol. The van der Waals surface area contributed by atoms with Gasteiger partial charge in [-0.15, -0.1) is 0 Å². The van der Waals surface area contributed by atoms with Crippen LogP contribution in [-0.2, 0) is 4.74 Å². The first kappa shape index (κ1) is 7.66. The molecular weight excluding hydrogens is 160 g/mol. The van der Waals surface area contributed by atoms with Crippen LogP contribution >= 0.6 is 0 Å². The molecule has 0 saturated carbocycles.